The van der Waals surface area contributed by atoms with E-state index in [1.807, 2.05) is 0 Å². The highest BCUT2D eigenvalue weighted by Gasteiger charge is 2.28. The number of aliphatic hydroxyl groups excluding tert-OH is 1. The van der Waals surface area contributed by atoms with Gasteiger partial charge in [-0.15, -0.1) is 0 Å². The van der Waals surface area contributed by atoms with Gasteiger partial charge in [-0.25, -0.2) is 4.57 Å². The van der Waals surface area contributed by atoms with Crippen LogP contribution in [0.3, 0.4) is 0 Å². The Labute approximate surface area is 503 Å². The van der Waals surface area contributed by atoms with Gasteiger partial charge in [0.2, 0.25) is 0 Å². The van der Waals surface area contributed by atoms with Crippen molar-refractivity contribution < 1.29 is 52.2 Å². The molecule has 12 heteroatoms. The third-order valence-corrected chi connectivity index (χ3v) is 15.5. The van der Waals surface area contributed by atoms with Crippen LogP contribution in [0.25, 0.3) is 0 Å². The Balaban J connectivity index is 4.70. The fraction of sp³-hybridized carbons (Fsp3) is 0.786. The van der Waals surface area contributed by atoms with E-state index in [4.69, 9.17) is 23.3 Å². The van der Waals surface area contributed by atoms with Crippen LogP contribution in [-0.4, -0.2) is 66.5 Å². The fourth-order valence-electron chi connectivity index (χ4n) is 9.39. The van der Waals surface area contributed by atoms with E-state index in [1.54, 1.807) is 0 Å². The molecule has 0 aromatic rings. The van der Waals surface area contributed by atoms with Crippen LogP contribution in [0.15, 0.2) is 72.9 Å². The molecule has 0 saturated heterocycles. The number of hydrogen-bond acceptors (Lipinski definition) is 10. The second-order valence-electron chi connectivity index (χ2n) is 22.6. The molecule has 0 aliphatic carbocycles. The molecule has 11 nitrogen and oxygen atoms in total. The lowest BCUT2D eigenvalue weighted by molar-refractivity contribution is -0.161. The molecule has 2 N–H and O–H groups in total. The summed E-state index contributed by atoms with van der Waals surface area (Å²) in [7, 11) is -4.76. The monoisotopic (exact) mass is 1170 g/mol. The number of carbonyl (C=O) groups excluding carboxylic acids is 3. The van der Waals surface area contributed by atoms with Crippen molar-refractivity contribution in [3.05, 3.63) is 72.9 Å². The van der Waals surface area contributed by atoms with Crippen molar-refractivity contribution in [1.29, 1.82) is 0 Å². The molecule has 0 rings (SSSR count). The van der Waals surface area contributed by atoms with Gasteiger partial charge < -0.3 is 24.2 Å². The van der Waals surface area contributed by atoms with E-state index in [-0.39, 0.29) is 25.9 Å². The summed E-state index contributed by atoms with van der Waals surface area (Å²) in [4.78, 5) is 48.8. The van der Waals surface area contributed by atoms with Gasteiger partial charge in [-0.3, -0.25) is 23.4 Å². The summed E-state index contributed by atoms with van der Waals surface area (Å²) < 4.78 is 39.8. The highest BCUT2D eigenvalue weighted by molar-refractivity contribution is 7.47. The van der Waals surface area contributed by atoms with Gasteiger partial charge in [-0.05, 0) is 116 Å². The smallest absolute Gasteiger partial charge is 0.462 e. The highest BCUT2D eigenvalue weighted by Crippen LogP contribution is 2.43. The molecule has 3 unspecified atom stereocenters. The van der Waals surface area contributed by atoms with E-state index in [9.17, 15) is 28.9 Å². The maximum absolute atomic E-state index is 13.0. The molecule has 0 fully saturated rings. The highest BCUT2D eigenvalue weighted by atomic mass is 31.2. The average Bonchev–Trinajstić information content (AvgIpc) is 3.50. The van der Waals surface area contributed by atoms with E-state index in [1.165, 1.54) is 154 Å². The van der Waals surface area contributed by atoms with Crippen molar-refractivity contribution in [3.8, 4) is 0 Å². The number of esters is 3. The Morgan fingerprint density at radius 1 is 0.341 bits per heavy atom. The lowest BCUT2D eigenvalue weighted by Crippen LogP contribution is -2.30. The van der Waals surface area contributed by atoms with Gasteiger partial charge in [0.25, 0.3) is 0 Å². The molecule has 0 aromatic carbocycles. The molecule has 0 aliphatic heterocycles. The minimum absolute atomic E-state index is 0.150. The molecule has 0 spiro atoms. The maximum Gasteiger partial charge on any atom is 0.472 e. The summed E-state index contributed by atoms with van der Waals surface area (Å²) in [6.07, 6.45) is 74.1. The Morgan fingerprint density at radius 3 is 0.951 bits per heavy atom. The first-order valence-electron chi connectivity index (χ1n) is 33.8. The van der Waals surface area contributed by atoms with Gasteiger partial charge >= 0.3 is 25.7 Å². The van der Waals surface area contributed by atoms with Crippen LogP contribution in [0.4, 0.5) is 0 Å². The molecule has 0 aromatic heterocycles. The third-order valence-electron chi connectivity index (χ3n) is 14.6. The van der Waals surface area contributed by atoms with Crippen LogP contribution in [0.5, 0.6) is 0 Å². The summed E-state index contributed by atoms with van der Waals surface area (Å²) in [6, 6.07) is 0. The number of ether oxygens (including phenoxy) is 3. The van der Waals surface area contributed by atoms with Crippen molar-refractivity contribution in [2.24, 2.45) is 0 Å². The number of allylic oxidation sites excluding steroid dienone is 12. The zero-order valence-electron chi connectivity index (χ0n) is 53.0. The predicted molar refractivity (Wildman–Crippen MR) is 344 cm³/mol. The number of rotatable bonds is 63. The molecule has 0 bridgehead atoms. The van der Waals surface area contributed by atoms with E-state index in [0.717, 1.165) is 103 Å². The number of phosphoric acid groups is 1. The second-order valence-corrected chi connectivity index (χ2v) is 24.1. The predicted octanol–water partition coefficient (Wildman–Crippen LogP) is 20.8. The molecule has 0 saturated carbocycles. The minimum Gasteiger partial charge on any atom is -0.462 e. The van der Waals surface area contributed by atoms with Crippen LogP contribution in [0.1, 0.15) is 316 Å². The first-order valence-corrected chi connectivity index (χ1v) is 35.3. The van der Waals surface area contributed by atoms with Crippen LogP contribution < -0.4 is 0 Å². The lowest BCUT2D eigenvalue weighted by Gasteiger charge is -2.21. The minimum atomic E-state index is -4.76. The lowest BCUT2D eigenvalue weighted by atomic mass is 10.1. The topological polar surface area (TPSA) is 155 Å². The Morgan fingerprint density at radius 2 is 0.598 bits per heavy atom. The van der Waals surface area contributed by atoms with Crippen molar-refractivity contribution in [2.45, 2.75) is 328 Å². The largest absolute Gasteiger partial charge is 0.472 e. The van der Waals surface area contributed by atoms with Gasteiger partial charge in [-0.2, -0.15) is 0 Å². The molecule has 3 atom stereocenters. The number of hydrogen-bond donors (Lipinski definition) is 2. The first-order chi connectivity index (χ1) is 40.2. The van der Waals surface area contributed by atoms with E-state index < -0.39 is 57.8 Å². The normalized spacial score (nSPS) is 13.7. The molecule has 82 heavy (non-hydrogen) atoms. The van der Waals surface area contributed by atoms with Crippen molar-refractivity contribution in [3.63, 3.8) is 0 Å². The summed E-state index contributed by atoms with van der Waals surface area (Å²) >= 11 is 0. The van der Waals surface area contributed by atoms with Gasteiger partial charge in [0.15, 0.2) is 6.10 Å². The molecule has 0 aliphatic rings. The second kappa shape index (κ2) is 63.9. The van der Waals surface area contributed by atoms with Gasteiger partial charge in [0.1, 0.15) is 12.7 Å². The van der Waals surface area contributed by atoms with Crippen molar-refractivity contribution in [1.82, 2.24) is 0 Å². The molecule has 476 valence electrons. The summed E-state index contributed by atoms with van der Waals surface area (Å²) in [6.45, 7) is 4.62. The molecule has 0 radical (unpaired) electrons. The first kappa shape index (κ1) is 78.9. The Kier molecular flexibility index (Phi) is 61.5. The number of unbranched alkanes of at least 4 members (excludes halogenated alkanes) is 34. The van der Waals surface area contributed by atoms with Crippen LogP contribution >= 0.6 is 7.82 Å². The number of phosphoric ester groups is 1. The van der Waals surface area contributed by atoms with Crippen LogP contribution in [-0.2, 0) is 42.2 Å². The fourth-order valence-corrected chi connectivity index (χ4v) is 10.2. The quantitative estimate of drug-likeness (QED) is 0.0197. The van der Waals surface area contributed by atoms with Gasteiger partial charge in [0.05, 0.1) is 19.8 Å². The Hall–Kier alpha value is -3.08. The zero-order valence-corrected chi connectivity index (χ0v) is 53.8. The number of carbonyl (C=O) groups is 3. The molecule has 0 heterocycles. The summed E-state index contributed by atoms with van der Waals surface area (Å²) in [5.74, 6) is -1.48. The third kappa shape index (κ3) is 61.5. The zero-order chi connectivity index (χ0) is 59.8. The van der Waals surface area contributed by atoms with Gasteiger partial charge in [0, 0.05) is 19.3 Å². The van der Waals surface area contributed by atoms with Crippen molar-refractivity contribution in [2.75, 3.05) is 26.4 Å². The Bertz CT molecular complexity index is 1650. The SMILES string of the molecule is CCCCC/C=C\C/C=C\C/C=C\CCCCCCCCC(=O)OC(COC(=O)CCCCCCCCC/C=C\C/C=C\CCCCC)COP(=O)(O)OCC(CO)OC(=O)CCCCCCCCCCC/C=C\CCCCCCCC. The summed E-state index contributed by atoms with van der Waals surface area (Å²) in [5, 5.41) is 9.87. The maximum atomic E-state index is 13.0. The van der Waals surface area contributed by atoms with Gasteiger partial charge in [-0.1, -0.05) is 254 Å². The average molecular weight is 1170 g/mol. The summed E-state index contributed by atoms with van der Waals surface area (Å²) in [5.41, 5.74) is 0. The number of aliphatic hydroxyl groups is 1. The van der Waals surface area contributed by atoms with E-state index >= 15 is 0 Å². The molecule has 0 amide bonds. The van der Waals surface area contributed by atoms with Crippen molar-refractivity contribution >= 4 is 25.7 Å². The molecular formula is C70H125O11P. The molecular weight excluding hydrogens is 1050 g/mol. The van der Waals surface area contributed by atoms with Crippen LogP contribution in [0.2, 0.25) is 0 Å². The van der Waals surface area contributed by atoms with E-state index in [0.29, 0.717) is 19.3 Å². The standard InChI is InChI=1S/C70H125O11P/c1-4-7-10-13-16-19-22-25-28-31-33-36-39-42-45-48-51-54-57-60-69(73)80-66(62-71)64-78-82(75,76)79-65-67(63-77-68(72)59-56-53-50-47-44-41-38-35-30-27-24-21-18-15-12-9-6-3)81-70(74)61-58-55-52-49-46-43-40-37-34-32-29-26-23-20-17-14-11-8-5-2/h17-18,20-21,25-30,34,37,66-67,71H,4-16,19,22-24,31-33,35-36,38-65H2,1-3H3,(H,75,76)/b20-17-,21-18-,28-25-,29-26-,30-27-,37-34-. The van der Waals surface area contributed by atoms with Crippen LogP contribution in [0, 0.1) is 0 Å². The van der Waals surface area contributed by atoms with E-state index in [2.05, 4.69) is 93.7 Å².